The second-order valence-corrected chi connectivity index (χ2v) is 16.2. The molecule has 7 rings (SSSR count). The number of ether oxygens (including phenoxy) is 1. The lowest BCUT2D eigenvalue weighted by Crippen LogP contribution is -2.42. The summed E-state index contributed by atoms with van der Waals surface area (Å²) in [5, 5.41) is 1.73. The Morgan fingerprint density at radius 2 is 1.71 bits per heavy atom. The molecule has 0 unspecified atom stereocenters. The van der Waals surface area contributed by atoms with Gasteiger partial charge >= 0.3 is 0 Å². The molecule has 13 heteroatoms. The van der Waals surface area contributed by atoms with E-state index in [1.165, 1.54) is 19.3 Å². The summed E-state index contributed by atoms with van der Waals surface area (Å²) in [6.07, 6.45) is 6.00. The lowest BCUT2D eigenvalue weighted by atomic mass is 9.88. The SMILES string of the molecule is Cc1sc(C2CCCCC2)nc1CC(=O)N1C[C@H](OCc2ccc(Cl)cc2)C[C@H]1C(=O)C[C@@H](Cc1ccc(N=C(N)N)cc1)C(=O)c1nc2ccccc2o1. The molecule has 0 radical (unpaired) electrons. The molecule has 4 N–H and O–H groups in total. The first kappa shape index (κ1) is 38.4. The van der Waals surface area contributed by atoms with Crippen molar-refractivity contribution in [2.45, 2.75) is 89.4 Å². The number of ketones is 2. The maximum Gasteiger partial charge on any atom is 0.264 e. The summed E-state index contributed by atoms with van der Waals surface area (Å²) in [6.45, 7) is 2.57. The van der Waals surface area contributed by atoms with Crippen molar-refractivity contribution in [2.24, 2.45) is 22.4 Å². The quantitative estimate of drug-likeness (QED) is 0.0654. The number of oxazole rings is 1. The maximum atomic E-state index is 14.5. The smallest absolute Gasteiger partial charge is 0.264 e. The van der Waals surface area contributed by atoms with E-state index in [0.29, 0.717) is 40.8 Å². The van der Waals surface area contributed by atoms with Gasteiger partial charge in [-0.25, -0.2) is 15.0 Å². The Morgan fingerprint density at radius 1 is 0.982 bits per heavy atom. The Labute approximate surface area is 329 Å². The van der Waals surface area contributed by atoms with Crippen LogP contribution in [0.4, 0.5) is 5.69 Å². The summed E-state index contributed by atoms with van der Waals surface area (Å²) in [5.41, 5.74) is 15.2. The second-order valence-electron chi connectivity index (χ2n) is 14.5. The van der Waals surface area contributed by atoms with E-state index in [1.54, 1.807) is 52.6 Å². The van der Waals surface area contributed by atoms with Crippen LogP contribution in [0.1, 0.15) is 88.3 Å². The van der Waals surface area contributed by atoms with Gasteiger partial charge in [0.15, 0.2) is 17.3 Å². The third-order valence-corrected chi connectivity index (χ3v) is 12.0. The molecule has 0 spiro atoms. The van der Waals surface area contributed by atoms with Crippen molar-refractivity contribution in [3.8, 4) is 0 Å². The van der Waals surface area contributed by atoms with Gasteiger partial charge in [-0.2, -0.15) is 0 Å². The van der Waals surface area contributed by atoms with Crippen LogP contribution in [0.25, 0.3) is 11.1 Å². The predicted octanol–water partition coefficient (Wildman–Crippen LogP) is 7.63. The fourth-order valence-electron chi connectivity index (χ4n) is 7.61. The first-order valence-electron chi connectivity index (χ1n) is 18.8. The first-order valence-corrected chi connectivity index (χ1v) is 20.0. The van der Waals surface area contributed by atoms with E-state index < -0.39 is 23.8 Å². The number of aliphatic imine (C=N–C) groups is 1. The number of nitrogens with zero attached hydrogens (tertiary/aromatic N) is 4. The molecule has 0 bridgehead atoms. The second kappa shape index (κ2) is 17.3. The van der Waals surface area contributed by atoms with E-state index in [4.69, 9.17) is 37.2 Å². The van der Waals surface area contributed by atoms with Crippen LogP contribution in [0.5, 0.6) is 0 Å². The first-order chi connectivity index (χ1) is 26.6. The fraction of sp³-hybridized carbons (Fsp3) is 0.381. The van der Waals surface area contributed by atoms with E-state index in [1.807, 2.05) is 43.3 Å². The standard InChI is InChI=1S/C42H45ClN6O5S/c1-25-34(48-41(55-25)28-7-3-2-4-8-28)22-38(51)49-23-32(53-24-27-11-15-30(43)16-12-27)21-35(49)36(50)20-29(19-26-13-17-31(18-14-26)46-42(44)45)39(52)40-47-33-9-5-6-10-37(33)54-40/h5-6,9-18,28-29,32,35H,2-4,7-8,19-24H2,1H3,(H4,44,45,46)/t29-,32-,35+/m1/s1. The van der Waals surface area contributed by atoms with E-state index in [-0.39, 0.29) is 49.3 Å². The number of fused-ring (bicyclic) bond motifs is 1. The number of nitrogens with two attached hydrogens (primary N) is 2. The van der Waals surface area contributed by atoms with Gasteiger partial charge in [-0.05, 0) is 73.7 Å². The molecular weight excluding hydrogens is 736 g/mol. The van der Waals surface area contributed by atoms with Gasteiger partial charge in [0.1, 0.15) is 5.52 Å². The lowest BCUT2D eigenvalue weighted by molar-refractivity contribution is -0.137. The number of aryl methyl sites for hydroxylation is 1. The molecular formula is C42H45ClN6O5S. The Bertz CT molecular complexity index is 2140. The average Bonchev–Trinajstić information content (AvgIpc) is 3.92. The number of amides is 1. The topological polar surface area (TPSA) is 167 Å². The molecule has 1 saturated carbocycles. The number of likely N-dealkylation sites (tertiary alicyclic amines) is 1. The summed E-state index contributed by atoms with van der Waals surface area (Å²) >= 11 is 7.77. The van der Waals surface area contributed by atoms with Gasteiger partial charge in [0.05, 0.1) is 41.6 Å². The van der Waals surface area contributed by atoms with Gasteiger partial charge in [0.2, 0.25) is 11.7 Å². The highest BCUT2D eigenvalue weighted by Crippen LogP contribution is 2.36. The highest BCUT2D eigenvalue weighted by atomic mass is 35.5. The number of guanidine groups is 1. The highest BCUT2D eigenvalue weighted by Gasteiger charge is 2.42. The Morgan fingerprint density at radius 3 is 2.44 bits per heavy atom. The zero-order chi connectivity index (χ0) is 38.5. The number of carbonyl (C=O) groups excluding carboxylic acids is 3. The molecule has 3 atom stereocenters. The van der Waals surface area contributed by atoms with Crippen molar-refractivity contribution >= 4 is 63.2 Å². The van der Waals surface area contributed by atoms with Gasteiger partial charge in [-0.1, -0.05) is 67.3 Å². The highest BCUT2D eigenvalue weighted by molar-refractivity contribution is 7.11. The number of hydrogen-bond acceptors (Lipinski definition) is 9. The minimum absolute atomic E-state index is 0.0626. The van der Waals surface area contributed by atoms with Crippen LogP contribution in [0.2, 0.25) is 5.02 Å². The molecule has 11 nitrogen and oxygen atoms in total. The molecule has 286 valence electrons. The lowest BCUT2D eigenvalue weighted by Gasteiger charge is -2.25. The van der Waals surface area contributed by atoms with Gasteiger partial charge in [-0.15, -0.1) is 11.3 Å². The number of rotatable bonds is 14. The van der Waals surface area contributed by atoms with E-state index in [9.17, 15) is 14.4 Å². The number of hydrogen-bond donors (Lipinski definition) is 2. The predicted molar refractivity (Wildman–Crippen MR) is 214 cm³/mol. The Balaban J connectivity index is 1.13. The molecule has 1 amide bonds. The summed E-state index contributed by atoms with van der Waals surface area (Å²) in [5.74, 6) is -1.31. The third-order valence-electron chi connectivity index (χ3n) is 10.5. The van der Waals surface area contributed by atoms with Crippen LogP contribution in [0, 0.1) is 12.8 Å². The fourth-order valence-corrected chi connectivity index (χ4v) is 8.84. The number of Topliss-reactive ketones (excluding diaryl/α,β-unsaturated/α-hetero) is 2. The normalized spacial score (nSPS) is 18.0. The largest absolute Gasteiger partial charge is 0.434 e. The van der Waals surface area contributed by atoms with Gasteiger partial charge in [0, 0.05) is 41.1 Å². The van der Waals surface area contributed by atoms with Crippen LogP contribution in [0.3, 0.4) is 0 Å². The zero-order valence-electron chi connectivity index (χ0n) is 30.8. The van der Waals surface area contributed by atoms with Crippen molar-refractivity contribution in [1.82, 2.24) is 14.9 Å². The van der Waals surface area contributed by atoms with Crippen molar-refractivity contribution in [2.75, 3.05) is 6.54 Å². The third kappa shape index (κ3) is 9.49. The van der Waals surface area contributed by atoms with Crippen molar-refractivity contribution in [3.63, 3.8) is 0 Å². The molecule has 55 heavy (non-hydrogen) atoms. The minimum atomic E-state index is -0.820. The average molecular weight is 781 g/mol. The van der Waals surface area contributed by atoms with Gasteiger partial charge < -0.3 is 25.5 Å². The zero-order valence-corrected chi connectivity index (χ0v) is 32.4. The van der Waals surface area contributed by atoms with Crippen LogP contribution in [-0.4, -0.2) is 57.0 Å². The molecule has 2 fully saturated rings. The van der Waals surface area contributed by atoms with Crippen molar-refractivity contribution in [1.29, 1.82) is 0 Å². The molecule has 1 aliphatic carbocycles. The number of thiazole rings is 1. The summed E-state index contributed by atoms with van der Waals surface area (Å²) in [4.78, 5) is 59.1. The van der Waals surface area contributed by atoms with Crippen LogP contribution in [-0.2, 0) is 33.8 Å². The number of carbonyl (C=O) groups is 3. The van der Waals surface area contributed by atoms with E-state index in [2.05, 4.69) is 9.98 Å². The molecule has 2 aliphatic rings. The number of para-hydroxylation sites is 2. The van der Waals surface area contributed by atoms with Crippen molar-refractivity contribution < 1.29 is 23.5 Å². The maximum absolute atomic E-state index is 14.5. The molecule has 3 aromatic carbocycles. The molecule has 1 saturated heterocycles. The molecule has 2 aromatic heterocycles. The Hall–Kier alpha value is -4.91. The number of halogens is 1. The minimum Gasteiger partial charge on any atom is -0.434 e. The van der Waals surface area contributed by atoms with Crippen LogP contribution in [0.15, 0.2) is 82.2 Å². The number of aromatic nitrogens is 2. The Kier molecular flexibility index (Phi) is 12.0. The summed E-state index contributed by atoms with van der Waals surface area (Å²) in [7, 11) is 0. The number of benzene rings is 3. The molecule has 1 aliphatic heterocycles. The van der Waals surface area contributed by atoms with E-state index >= 15 is 0 Å². The monoisotopic (exact) mass is 780 g/mol. The molecule has 5 aromatic rings. The molecule has 3 heterocycles. The van der Waals surface area contributed by atoms with Crippen LogP contribution < -0.4 is 11.5 Å². The van der Waals surface area contributed by atoms with Gasteiger partial charge in [0.25, 0.3) is 5.89 Å². The van der Waals surface area contributed by atoms with E-state index in [0.717, 1.165) is 39.5 Å². The van der Waals surface area contributed by atoms with Crippen molar-refractivity contribution in [3.05, 3.63) is 110 Å². The van der Waals surface area contributed by atoms with Gasteiger partial charge in [-0.3, -0.25) is 14.4 Å². The summed E-state index contributed by atoms with van der Waals surface area (Å²) in [6, 6.07) is 20.9. The summed E-state index contributed by atoms with van der Waals surface area (Å²) < 4.78 is 12.2. The van der Waals surface area contributed by atoms with Crippen LogP contribution >= 0.6 is 22.9 Å².